The summed E-state index contributed by atoms with van der Waals surface area (Å²) < 4.78 is 13.7. The van der Waals surface area contributed by atoms with E-state index >= 15 is 0 Å². The van der Waals surface area contributed by atoms with Crippen molar-refractivity contribution in [2.75, 3.05) is 5.32 Å². The molecule has 5 nitrogen and oxygen atoms in total. The third-order valence-electron chi connectivity index (χ3n) is 4.63. The summed E-state index contributed by atoms with van der Waals surface area (Å²) in [7, 11) is 0. The van der Waals surface area contributed by atoms with Crippen LogP contribution in [0.2, 0.25) is 0 Å². The molecule has 1 heterocycles. The van der Waals surface area contributed by atoms with Crippen molar-refractivity contribution in [1.29, 1.82) is 0 Å². The van der Waals surface area contributed by atoms with E-state index in [9.17, 15) is 14.0 Å². The molecule has 0 fully saturated rings. The number of aryl methyl sites for hydroxylation is 2. The smallest absolute Gasteiger partial charge is 0.274 e. The van der Waals surface area contributed by atoms with Gasteiger partial charge in [-0.1, -0.05) is 43.3 Å². The molecule has 0 radical (unpaired) electrons. The van der Waals surface area contributed by atoms with Gasteiger partial charge >= 0.3 is 0 Å². The molecule has 0 aliphatic carbocycles. The minimum Gasteiger partial charge on any atom is -0.348 e. The van der Waals surface area contributed by atoms with Crippen LogP contribution in [0.15, 0.2) is 60.8 Å². The van der Waals surface area contributed by atoms with Gasteiger partial charge in [0, 0.05) is 29.6 Å². The number of halogens is 1. The number of carbonyl (C=O) groups is 2. The largest absolute Gasteiger partial charge is 0.348 e. The average Bonchev–Trinajstić information content (AvgIpc) is 2.74. The summed E-state index contributed by atoms with van der Waals surface area (Å²) in [5.41, 5.74) is 3.54. The fourth-order valence-corrected chi connectivity index (χ4v) is 2.99. The van der Waals surface area contributed by atoms with Crippen LogP contribution in [0.1, 0.15) is 44.5 Å². The highest BCUT2D eigenvalue weighted by Gasteiger charge is 2.15. The molecule has 0 unspecified atom stereocenters. The van der Waals surface area contributed by atoms with Gasteiger partial charge in [-0.2, -0.15) is 0 Å². The SMILES string of the molecule is CCc1cccc(C)c1NC(=O)c1cc(C(=O)NCc2ccccc2F)ccn1. The van der Waals surface area contributed by atoms with Gasteiger partial charge in [-0.25, -0.2) is 4.39 Å². The Morgan fingerprint density at radius 3 is 2.52 bits per heavy atom. The first-order valence-electron chi connectivity index (χ1n) is 9.37. The second kappa shape index (κ2) is 9.10. The minimum absolute atomic E-state index is 0.0540. The number of nitrogens with zero attached hydrogens (tertiary/aromatic N) is 1. The van der Waals surface area contributed by atoms with Crippen LogP contribution < -0.4 is 10.6 Å². The Balaban J connectivity index is 1.73. The van der Waals surface area contributed by atoms with Gasteiger partial charge in [0.2, 0.25) is 0 Å². The lowest BCUT2D eigenvalue weighted by atomic mass is 10.1. The molecule has 0 aliphatic rings. The van der Waals surface area contributed by atoms with Gasteiger partial charge in [0.15, 0.2) is 0 Å². The van der Waals surface area contributed by atoms with Gasteiger partial charge in [0.05, 0.1) is 0 Å². The van der Waals surface area contributed by atoms with E-state index in [2.05, 4.69) is 15.6 Å². The number of carbonyl (C=O) groups excluding carboxylic acids is 2. The molecule has 1 aromatic heterocycles. The van der Waals surface area contributed by atoms with Crippen molar-refractivity contribution in [3.63, 3.8) is 0 Å². The highest BCUT2D eigenvalue weighted by atomic mass is 19.1. The van der Waals surface area contributed by atoms with E-state index < -0.39 is 11.8 Å². The van der Waals surface area contributed by atoms with Crippen LogP contribution in [0, 0.1) is 12.7 Å². The number of hydrogen-bond acceptors (Lipinski definition) is 3. The number of nitrogens with one attached hydrogen (secondary N) is 2. The summed E-state index contributed by atoms with van der Waals surface area (Å²) in [5.74, 6) is -1.18. The molecule has 2 aromatic carbocycles. The van der Waals surface area contributed by atoms with Gasteiger partial charge in [-0.3, -0.25) is 14.6 Å². The third kappa shape index (κ3) is 4.85. The van der Waals surface area contributed by atoms with Gasteiger partial charge in [-0.05, 0) is 42.7 Å². The fraction of sp³-hybridized carbons (Fsp3) is 0.174. The predicted molar refractivity (Wildman–Crippen MR) is 110 cm³/mol. The van der Waals surface area contributed by atoms with Crippen LogP contribution in [-0.2, 0) is 13.0 Å². The number of hydrogen-bond donors (Lipinski definition) is 2. The number of pyridine rings is 1. The minimum atomic E-state index is -0.408. The lowest BCUT2D eigenvalue weighted by Gasteiger charge is -2.13. The summed E-state index contributed by atoms with van der Waals surface area (Å²) in [4.78, 5) is 29.2. The van der Waals surface area contributed by atoms with Gasteiger partial charge in [-0.15, -0.1) is 0 Å². The van der Waals surface area contributed by atoms with E-state index in [1.54, 1.807) is 18.2 Å². The molecule has 3 aromatic rings. The van der Waals surface area contributed by atoms with Crippen LogP contribution in [-0.4, -0.2) is 16.8 Å². The predicted octanol–water partition coefficient (Wildman–Crippen LogP) is 4.27. The number of aromatic nitrogens is 1. The quantitative estimate of drug-likeness (QED) is 0.659. The maximum Gasteiger partial charge on any atom is 0.274 e. The monoisotopic (exact) mass is 391 g/mol. The molecular weight excluding hydrogens is 369 g/mol. The zero-order chi connectivity index (χ0) is 20.8. The number of anilines is 1. The first-order valence-corrected chi connectivity index (χ1v) is 9.37. The van der Waals surface area contributed by atoms with Crippen LogP contribution in [0.25, 0.3) is 0 Å². The van der Waals surface area contributed by atoms with Gasteiger partial charge in [0.25, 0.3) is 11.8 Å². The molecule has 2 N–H and O–H groups in total. The lowest BCUT2D eigenvalue weighted by Crippen LogP contribution is -2.24. The van der Waals surface area contributed by atoms with Crippen molar-refractivity contribution in [2.24, 2.45) is 0 Å². The Labute approximate surface area is 169 Å². The van der Waals surface area contributed by atoms with Crippen LogP contribution in [0.3, 0.4) is 0 Å². The Hall–Kier alpha value is -3.54. The van der Waals surface area contributed by atoms with Crippen molar-refractivity contribution in [3.8, 4) is 0 Å². The molecule has 0 saturated carbocycles. The summed E-state index contributed by atoms with van der Waals surface area (Å²) in [6, 6.07) is 15.0. The standard InChI is InChI=1S/C23H22FN3O2/c1-3-16-9-6-7-15(2)21(16)27-23(29)20-13-17(11-12-25-20)22(28)26-14-18-8-4-5-10-19(18)24/h4-13H,3,14H2,1-2H3,(H,26,28)(H,27,29). The first kappa shape index (κ1) is 20.2. The molecule has 0 bridgehead atoms. The number of amides is 2. The second-order valence-electron chi connectivity index (χ2n) is 6.62. The van der Waals surface area contributed by atoms with E-state index in [0.29, 0.717) is 5.56 Å². The normalized spacial score (nSPS) is 10.4. The summed E-state index contributed by atoms with van der Waals surface area (Å²) in [6.45, 7) is 4.00. The first-order chi connectivity index (χ1) is 14.0. The maximum atomic E-state index is 13.7. The van der Waals surface area contributed by atoms with E-state index in [-0.39, 0.29) is 23.6 Å². The molecule has 6 heteroatoms. The Morgan fingerprint density at radius 1 is 1.00 bits per heavy atom. The van der Waals surface area contributed by atoms with Gasteiger partial charge in [0.1, 0.15) is 11.5 Å². The molecule has 0 atom stereocenters. The van der Waals surface area contributed by atoms with Crippen LogP contribution in [0.5, 0.6) is 0 Å². The highest BCUT2D eigenvalue weighted by Crippen LogP contribution is 2.21. The Morgan fingerprint density at radius 2 is 1.76 bits per heavy atom. The van der Waals surface area contributed by atoms with Crippen molar-refractivity contribution in [1.82, 2.24) is 10.3 Å². The number of rotatable bonds is 6. The zero-order valence-electron chi connectivity index (χ0n) is 16.3. The molecule has 3 rings (SSSR count). The molecule has 2 amide bonds. The van der Waals surface area contributed by atoms with Crippen molar-refractivity contribution in [3.05, 3.63) is 94.6 Å². The molecule has 0 spiro atoms. The van der Waals surface area contributed by atoms with E-state index in [4.69, 9.17) is 0 Å². The molecular formula is C23H22FN3O2. The van der Waals surface area contributed by atoms with E-state index in [0.717, 1.165) is 23.2 Å². The van der Waals surface area contributed by atoms with Crippen molar-refractivity contribution < 1.29 is 14.0 Å². The molecule has 0 saturated heterocycles. The Kier molecular flexibility index (Phi) is 6.34. The zero-order valence-corrected chi connectivity index (χ0v) is 16.3. The topological polar surface area (TPSA) is 71.1 Å². The highest BCUT2D eigenvalue weighted by molar-refractivity contribution is 6.05. The average molecular weight is 391 g/mol. The van der Waals surface area contributed by atoms with E-state index in [1.807, 2.05) is 32.0 Å². The second-order valence-corrected chi connectivity index (χ2v) is 6.62. The summed E-state index contributed by atoms with van der Waals surface area (Å²) in [5, 5.41) is 5.56. The summed E-state index contributed by atoms with van der Waals surface area (Å²) in [6.07, 6.45) is 2.19. The van der Waals surface area contributed by atoms with Crippen molar-refractivity contribution in [2.45, 2.75) is 26.8 Å². The third-order valence-corrected chi connectivity index (χ3v) is 4.63. The number of benzene rings is 2. The van der Waals surface area contributed by atoms with Crippen molar-refractivity contribution >= 4 is 17.5 Å². The fourth-order valence-electron chi connectivity index (χ4n) is 2.99. The Bertz CT molecular complexity index is 1050. The molecule has 0 aliphatic heterocycles. The van der Waals surface area contributed by atoms with Crippen LogP contribution >= 0.6 is 0 Å². The van der Waals surface area contributed by atoms with E-state index in [1.165, 1.54) is 24.4 Å². The van der Waals surface area contributed by atoms with Gasteiger partial charge < -0.3 is 10.6 Å². The maximum absolute atomic E-state index is 13.7. The lowest BCUT2D eigenvalue weighted by molar-refractivity contribution is 0.0950. The summed E-state index contributed by atoms with van der Waals surface area (Å²) >= 11 is 0. The van der Waals surface area contributed by atoms with Crippen LogP contribution in [0.4, 0.5) is 10.1 Å². The molecule has 148 valence electrons. The number of para-hydroxylation sites is 1. The molecule has 29 heavy (non-hydrogen) atoms.